The molecular formula is C44H45N5O6S. The minimum Gasteiger partial charge on any atom is -0.508 e. The smallest absolute Gasteiger partial charge is 0.255 e. The Kier molecular flexibility index (Phi) is 9.76. The number of anilines is 2. The first-order valence-corrected chi connectivity index (χ1v) is 20.3. The fraction of sp³-hybridized carbons (Fsp3) is 0.341. The fourth-order valence-electron chi connectivity index (χ4n) is 8.62. The number of phenols is 1. The van der Waals surface area contributed by atoms with Gasteiger partial charge >= 0.3 is 0 Å². The Labute approximate surface area is 330 Å². The van der Waals surface area contributed by atoms with Crippen LogP contribution in [0.15, 0.2) is 84.9 Å². The molecule has 288 valence electrons. The van der Waals surface area contributed by atoms with Crippen LogP contribution in [0.25, 0.3) is 20.5 Å². The molecule has 11 nitrogen and oxygen atoms in total. The molecule has 1 atom stereocenters. The van der Waals surface area contributed by atoms with Crippen molar-refractivity contribution < 1.29 is 29.0 Å². The van der Waals surface area contributed by atoms with E-state index >= 15 is 0 Å². The van der Waals surface area contributed by atoms with Crippen molar-refractivity contribution in [1.29, 1.82) is 0 Å². The van der Waals surface area contributed by atoms with Crippen LogP contribution in [0.1, 0.15) is 41.6 Å². The molecule has 4 aliphatic heterocycles. The van der Waals surface area contributed by atoms with Crippen LogP contribution in [0.5, 0.6) is 23.0 Å². The van der Waals surface area contributed by atoms with E-state index in [4.69, 9.17) is 9.47 Å². The van der Waals surface area contributed by atoms with E-state index in [1.165, 1.54) is 5.69 Å². The molecule has 3 amide bonds. The molecule has 56 heavy (non-hydrogen) atoms. The van der Waals surface area contributed by atoms with Crippen LogP contribution >= 0.6 is 11.3 Å². The molecule has 1 unspecified atom stereocenters. The first-order valence-electron chi connectivity index (χ1n) is 19.5. The van der Waals surface area contributed by atoms with E-state index in [9.17, 15) is 19.5 Å². The van der Waals surface area contributed by atoms with Crippen molar-refractivity contribution in [1.82, 2.24) is 15.1 Å². The zero-order valence-corrected chi connectivity index (χ0v) is 32.2. The highest BCUT2D eigenvalue weighted by Gasteiger charge is 2.39. The van der Waals surface area contributed by atoms with E-state index in [-0.39, 0.29) is 29.9 Å². The number of rotatable bonds is 9. The normalized spacial score (nSPS) is 19.4. The first kappa shape index (κ1) is 36.1. The molecule has 5 aromatic rings. The van der Waals surface area contributed by atoms with Crippen molar-refractivity contribution in [3.63, 3.8) is 0 Å². The number of nitrogens with one attached hydrogen (secondary N) is 1. The summed E-state index contributed by atoms with van der Waals surface area (Å²) in [6.07, 6.45) is 2.93. The molecule has 5 heterocycles. The largest absolute Gasteiger partial charge is 0.508 e. The maximum Gasteiger partial charge on any atom is 0.255 e. The van der Waals surface area contributed by atoms with Crippen molar-refractivity contribution >= 4 is 50.5 Å². The van der Waals surface area contributed by atoms with E-state index in [1.54, 1.807) is 35.5 Å². The molecule has 12 heteroatoms. The molecule has 0 saturated carbocycles. The van der Waals surface area contributed by atoms with Gasteiger partial charge in [-0.25, -0.2) is 0 Å². The van der Waals surface area contributed by atoms with Gasteiger partial charge in [-0.2, -0.15) is 0 Å². The maximum atomic E-state index is 13.1. The highest BCUT2D eigenvalue weighted by atomic mass is 32.1. The number of nitrogens with zero attached hydrogens (tertiary/aromatic N) is 4. The van der Waals surface area contributed by atoms with E-state index in [1.807, 2.05) is 42.5 Å². The first-order chi connectivity index (χ1) is 27.3. The number of hydrogen-bond donors (Lipinski definition) is 2. The zero-order valence-electron chi connectivity index (χ0n) is 31.4. The number of phenolic OH excluding ortho intramolecular Hbond substituents is 1. The number of piperidine rings is 2. The van der Waals surface area contributed by atoms with Gasteiger partial charge in [0.05, 0.1) is 12.0 Å². The zero-order chi connectivity index (χ0) is 38.3. The lowest BCUT2D eigenvalue weighted by molar-refractivity contribution is -0.136. The number of amides is 3. The number of benzene rings is 4. The van der Waals surface area contributed by atoms with Crippen LogP contribution in [0.3, 0.4) is 0 Å². The molecule has 3 saturated heterocycles. The second-order valence-corrected chi connectivity index (χ2v) is 16.3. The summed E-state index contributed by atoms with van der Waals surface area (Å²) in [7, 11) is 1.66. The number of carbonyl (C=O) groups excluding carboxylic acids is 3. The van der Waals surface area contributed by atoms with Crippen LogP contribution in [0.4, 0.5) is 11.4 Å². The van der Waals surface area contributed by atoms with E-state index in [0.717, 1.165) is 108 Å². The maximum absolute atomic E-state index is 13.1. The van der Waals surface area contributed by atoms with Crippen LogP contribution in [-0.2, 0) is 16.1 Å². The third kappa shape index (κ3) is 7.14. The Balaban J connectivity index is 0.770. The number of hydrogen-bond acceptors (Lipinski definition) is 10. The second-order valence-electron chi connectivity index (χ2n) is 15.2. The number of carbonyl (C=O) groups is 3. The van der Waals surface area contributed by atoms with Gasteiger partial charge in [-0.05, 0) is 121 Å². The van der Waals surface area contributed by atoms with Gasteiger partial charge in [0, 0.05) is 85.8 Å². The summed E-state index contributed by atoms with van der Waals surface area (Å²) < 4.78 is 12.9. The quantitative estimate of drug-likeness (QED) is 0.155. The molecule has 0 spiro atoms. The van der Waals surface area contributed by atoms with Crippen molar-refractivity contribution in [2.75, 3.05) is 62.7 Å². The molecular weight excluding hydrogens is 727 g/mol. The number of imide groups is 1. The molecule has 3 fully saturated rings. The molecule has 0 radical (unpaired) electrons. The highest BCUT2D eigenvalue weighted by molar-refractivity contribution is 7.22. The van der Waals surface area contributed by atoms with Gasteiger partial charge < -0.3 is 29.3 Å². The third-order valence-electron chi connectivity index (χ3n) is 11.8. The standard InChI is InChI=1S/C44H45N5O6S/c1-54-34-8-2-29(3-9-34)42-41(37-13-7-33(50)25-39(37)56-42)55-35-10-4-31(5-11-35)47-18-16-28(17-19-47)26-46-20-22-48(23-21-46)32-6-12-36-30(24-32)27-49(44(36)53)38-14-15-40(51)45-43(38)52/h2-13,24-25,28,38,50H,14-23,26-27H2,1H3,(H,45,51,52). The van der Waals surface area contributed by atoms with Gasteiger partial charge in [-0.1, -0.05) is 0 Å². The van der Waals surface area contributed by atoms with Crippen molar-refractivity contribution in [3.8, 4) is 33.4 Å². The Morgan fingerprint density at radius 2 is 1.50 bits per heavy atom. The summed E-state index contributed by atoms with van der Waals surface area (Å²) in [5.41, 5.74) is 4.96. The predicted octanol–water partition coefficient (Wildman–Crippen LogP) is 6.87. The number of piperazine rings is 1. The summed E-state index contributed by atoms with van der Waals surface area (Å²) in [4.78, 5) is 47.3. The number of ether oxygens (including phenoxy) is 2. The lowest BCUT2D eigenvalue weighted by Crippen LogP contribution is -2.52. The van der Waals surface area contributed by atoms with E-state index in [0.29, 0.717) is 24.4 Å². The van der Waals surface area contributed by atoms with Gasteiger partial charge in [-0.3, -0.25) is 24.6 Å². The Hall–Kier alpha value is -5.59. The number of methoxy groups -OCH3 is 1. The summed E-state index contributed by atoms with van der Waals surface area (Å²) in [6, 6.07) is 27.2. The monoisotopic (exact) mass is 771 g/mol. The van der Waals surface area contributed by atoms with E-state index < -0.39 is 6.04 Å². The molecule has 0 aliphatic carbocycles. The minimum atomic E-state index is -0.594. The topological polar surface area (TPSA) is 115 Å². The minimum absolute atomic E-state index is 0.131. The van der Waals surface area contributed by atoms with Crippen LogP contribution in [0, 0.1) is 5.92 Å². The molecule has 9 rings (SSSR count). The fourth-order valence-corrected chi connectivity index (χ4v) is 9.79. The van der Waals surface area contributed by atoms with Crippen LogP contribution in [-0.4, -0.2) is 91.6 Å². The van der Waals surface area contributed by atoms with Gasteiger partial charge in [0.1, 0.15) is 23.3 Å². The lowest BCUT2D eigenvalue weighted by atomic mass is 9.95. The molecule has 4 aromatic carbocycles. The number of fused-ring (bicyclic) bond motifs is 2. The highest BCUT2D eigenvalue weighted by Crippen LogP contribution is 2.47. The molecule has 4 aliphatic rings. The number of thiophene rings is 1. The van der Waals surface area contributed by atoms with Gasteiger partial charge in [0.15, 0.2) is 5.75 Å². The predicted molar refractivity (Wildman–Crippen MR) is 218 cm³/mol. The third-order valence-corrected chi connectivity index (χ3v) is 13.0. The Morgan fingerprint density at radius 1 is 0.786 bits per heavy atom. The van der Waals surface area contributed by atoms with E-state index in [2.05, 4.69) is 50.3 Å². The summed E-state index contributed by atoms with van der Waals surface area (Å²) >= 11 is 1.60. The summed E-state index contributed by atoms with van der Waals surface area (Å²) in [6.45, 7) is 7.42. The van der Waals surface area contributed by atoms with Crippen LogP contribution in [0.2, 0.25) is 0 Å². The lowest BCUT2D eigenvalue weighted by Gasteiger charge is -2.40. The van der Waals surface area contributed by atoms with Crippen molar-refractivity contribution in [2.24, 2.45) is 5.92 Å². The molecule has 2 N–H and O–H groups in total. The summed E-state index contributed by atoms with van der Waals surface area (Å²) in [5.74, 6) is 2.46. The second kappa shape index (κ2) is 15.2. The van der Waals surface area contributed by atoms with Gasteiger partial charge in [0.2, 0.25) is 11.8 Å². The number of aromatic hydroxyl groups is 1. The van der Waals surface area contributed by atoms with Crippen molar-refractivity contribution in [2.45, 2.75) is 38.3 Å². The SMILES string of the molecule is COc1ccc(-c2sc3cc(O)ccc3c2Oc2ccc(N3CCC(CN4CCN(c5ccc6c(c5)CN(C5CCC(=O)NC5=O)C6=O)CC4)CC3)cc2)cc1. The molecule has 1 aromatic heterocycles. The van der Waals surface area contributed by atoms with Gasteiger partial charge in [0.25, 0.3) is 5.91 Å². The van der Waals surface area contributed by atoms with Gasteiger partial charge in [-0.15, -0.1) is 11.3 Å². The molecule has 0 bridgehead atoms. The Bertz CT molecular complexity index is 2280. The Morgan fingerprint density at radius 3 is 2.23 bits per heavy atom. The average molecular weight is 772 g/mol. The summed E-state index contributed by atoms with van der Waals surface area (Å²) in [5, 5.41) is 13.5. The van der Waals surface area contributed by atoms with Crippen LogP contribution < -0.4 is 24.6 Å². The average Bonchev–Trinajstić information content (AvgIpc) is 3.74. The van der Waals surface area contributed by atoms with Crippen molar-refractivity contribution in [3.05, 3.63) is 96.1 Å².